The Morgan fingerprint density at radius 3 is 2.77 bits per heavy atom. The van der Waals surface area contributed by atoms with Crippen molar-refractivity contribution in [2.75, 3.05) is 6.54 Å². The predicted octanol–water partition coefficient (Wildman–Crippen LogP) is 3.64. The van der Waals surface area contributed by atoms with Crippen LogP contribution in [0, 0.1) is 0 Å². The number of thiophene rings is 1. The molecule has 0 spiro atoms. The average Bonchev–Trinajstić information content (AvgIpc) is 3.24. The lowest BCUT2D eigenvalue weighted by atomic mass is 9.84. The highest BCUT2D eigenvalue weighted by Crippen LogP contribution is 2.44. The molecule has 2 aromatic heterocycles. The Morgan fingerprint density at radius 2 is 2.18 bits per heavy atom. The van der Waals surface area contributed by atoms with E-state index in [1.807, 2.05) is 6.07 Å². The maximum Gasteiger partial charge on any atom is 0.287 e. The highest BCUT2D eigenvalue weighted by atomic mass is 32.1. The molecule has 5 heteroatoms. The van der Waals surface area contributed by atoms with Crippen molar-refractivity contribution < 1.29 is 14.3 Å². The van der Waals surface area contributed by atoms with Crippen LogP contribution >= 0.6 is 11.3 Å². The molecule has 0 bridgehead atoms. The first kappa shape index (κ1) is 15.3. The molecule has 0 aromatic carbocycles. The number of amides is 1. The summed E-state index contributed by atoms with van der Waals surface area (Å²) >= 11 is 1.66. The van der Waals surface area contributed by atoms with E-state index in [9.17, 15) is 9.90 Å². The van der Waals surface area contributed by atoms with Crippen LogP contribution in [-0.4, -0.2) is 17.6 Å². The first-order valence-corrected chi connectivity index (χ1v) is 8.52. The second-order valence-corrected chi connectivity index (χ2v) is 7.14. The number of hydrogen-bond acceptors (Lipinski definition) is 4. The standard InChI is InChI=1S/C17H21NO3S/c1-12(19)14-6-7-15(22-14)17(8-2-3-9-17)11-18-16(20)13-5-4-10-21-13/h4-7,10,12,19H,2-3,8-9,11H2,1H3,(H,18,20)/t12-/m0/s1. The van der Waals surface area contributed by atoms with Gasteiger partial charge in [-0.15, -0.1) is 11.3 Å². The van der Waals surface area contributed by atoms with Gasteiger partial charge in [0.2, 0.25) is 0 Å². The van der Waals surface area contributed by atoms with Crippen LogP contribution < -0.4 is 5.32 Å². The summed E-state index contributed by atoms with van der Waals surface area (Å²) in [6.07, 6.45) is 5.58. The van der Waals surface area contributed by atoms with Gasteiger partial charge in [-0.3, -0.25) is 4.79 Å². The van der Waals surface area contributed by atoms with Crippen LogP contribution in [0.2, 0.25) is 0 Å². The Hall–Kier alpha value is -1.59. The molecule has 1 amide bonds. The lowest BCUT2D eigenvalue weighted by molar-refractivity contribution is 0.0915. The molecule has 1 aliphatic carbocycles. The number of carbonyl (C=O) groups excluding carboxylic acids is 1. The van der Waals surface area contributed by atoms with Crippen LogP contribution in [0.25, 0.3) is 0 Å². The summed E-state index contributed by atoms with van der Waals surface area (Å²) in [7, 11) is 0. The zero-order chi connectivity index (χ0) is 15.6. The monoisotopic (exact) mass is 319 g/mol. The van der Waals surface area contributed by atoms with Gasteiger partial charge in [0.1, 0.15) is 0 Å². The summed E-state index contributed by atoms with van der Waals surface area (Å²) in [5, 5.41) is 12.8. The van der Waals surface area contributed by atoms with Crippen LogP contribution in [0.3, 0.4) is 0 Å². The summed E-state index contributed by atoms with van der Waals surface area (Å²) in [5.41, 5.74) is 0.0000591. The lowest BCUT2D eigenvalue weighted by Crippen LogP contribution is -2.38. The second-order valence-electron chi connectivity index (χ2n) is 6.03. The summed E-state index contributed by atoms with van der Waals surface area (Å²) in [5.74, 6) is 0.188. The molecule has 4 nitrogen and oxygen atoms in total. The summed E-state index contributed by atoms with van der Waals surface area (Å²) < 4.78 is 5.14. The van der Waals surface area contributed by atoms with Gasteiger partial charge in [0.05, 0.1) is 12.4 Å². The van der Waals surface area contributed by atoms with Crippen molar-refractivity contribution in [2.24, 2.45) is 0 Å². The van der Waals surface area contributed by atoms with Crippen LogP contribution in [-0.2, 0) is 5.41 Å². The molecule has 2 heterocycles. The molecule has 22 heavy (non-hydrogen) atoms. The van der Waals surface area contributed by atoms with Gasteiger partial charge in [-0.1, -0.05) is 12.8 Å². The SMILES string of the molecule is C[C@H](O)c1ccc(C2(CNC(=O)c3ccco3)CCCC2)s1. The third-order valence-electron chi connectivity index (χ3n) is 4.45. The Labute approximate surface area is 134 Å². The van der Waals surface area contributed by atoms with Gasteiger partial charge < -0.3 is 14.8 Å². The van der Waals surface area contributed by atoms with Gasteiger partial charge in [-0.05, 0) is 44.0 Å². The van der Waals surface area contributed by atoms with Gasteiger partial charge in [0.15, 0.2) is 5.76 Å². The first-order chi connectivity index (χ1) is 10.6. The van der Waals surface area contributed by atoms with Crippen molar-refractivity contribution in [3.05, 3.63) is 46.0 Å². The molecule has 1 atom stereocenters. The van der Waals surface area contributed by atoms with E-state index < -0.39 is 6.10 Å². The van der Waals surface area contributed by atoms with Crippen LogP contribution in [0.5, 0.6) is 0 Å². The zero-order valence-electron chi connectivity index (χ0n) is 12.7. The second kappa shape index (κ2) is 6.26. The zero-order valence-corrected chi connectivity index (χ0v) is 13.5. The molecule has 1 fully saturated rings. The molecule has 0 saturated heterocycles. The Balaban J connectivity index is 1.75. The highest BCUT2D eigenvalue weighted by Gasteiger charge is 2.37. The fourth-order valence-corrected chi connectivity index (χ4v) is 4.36. The average molecular weight is 319 g/mol. The maximum atomic E-state index is 12.1. The van der Waals surface area contributed by atoms with E-state index >= 15 is 0 Å². The molecular weight excluding hydrogens is 298 g/mol. The minimum Gasteiger partial charge on any atom is -0.459 e. The molecule has 1 aliphatic rings. The molecule has 118 valence electrons. The number of furan rings is 1. The van der Waals surface area contributed by atoms with E-state index in [2.05, 4.69) is 11.4 Å². The Bertz CT molecular complexity index is 624. The smallest absolute Gasteiger partial charge is 0.287 e. The van der Waals surface area contributed by atoms with Gasteiger partial charge >= 0.3 is 0 Å². The highest BCUT2D eigenvalue weighted by molar-refractivity contribution is 7.12. The van der Waals surface area contributed by atoms with Crippen LogP contribution in [0.1, 0.15) is 59.0 Å². The maximum absolute atomic E-state index is 12.1. The Kier molecular flexibility index (Phi) is 4.36. The van der Waals surface area contributed by atoms with Gasteiger partial charge in [0, 0.05) is 21.7 Å². The number of rotatable bonds is 5. The number of aliphatic hydroxyl groups excluding tert-OH is 1. The first-order valence-electron chi connectivity index (χ1n) is 7.71. The van der Waals surface area contributed by atoms with Gasteiger partial charge in [0.25, 0.3) is 5.91 Å². The van der Waals surface area contributed by atoms with Crippen molar-refractivity contribution in [3.63, 3.8) is 0 Å². The van der Waals surface area contributed by atoms with E-state index in [1.165, 1.54) is 24.0 Å². The van der Waals surface area contributed by atoms with E-state index in [1.54, 1.807) is 30.4 Å². The molecule has 0 unspecified atom stereocenters. The number of nitrogens with one attached hydrogen (secondary N) is 1. The Morgan fingerprint density at radius 1 is 1.41 bits per heavy atom. The van der Waals surface area contributed by atoms with E-state index in [-0.39, 0.29) is 11.3 Å². The summed E-state index contributed by atoms with van der Waals surface area (Å²) in [6.45, 7) is 2.40. The third-order valence-corrected chi connectivity index (χ3v) is 5.96. The van der Waals surface area contributed by atoms with E-state index in [4.69, 9.17) is 4.42 Å². The largest absolute Gasteiger partial charge is 0.459 e. The normalized spacial score (nSPS) is 18.3. The molecule has 2 aromatic rings. The topological polar surface area (TPSA) is 62.5 Å². The number of hydrogen-bond donors (Lipinski definition) is 2. The lowest BCUT2D eigenvalue weighted by Gasteiger charge is -2.28. The fraction of sp³-hybridized carbons (Fsp3) is 0.471. The fourth-order valence-electron chi connectivity index (χ4n) is 3.17. The summed E-state index contributed by atoms with van der Waals surface area (Å²) in [6, 6.07) is 7.50. The minimum atomic E-state index is -0.435. The van der Waals surface area contributed by atoms with E-state index in [0.717, 1.165) is 17.7 Å². The molecule has 0 radical (unpaired) electrons. The molecular formula is C17H21NO3S. The number of carbonyl (C=O) groups is 1. The number of aliphatic hydroxyl groups is 1. The third kappa shape index (κ3) is 2.96. The van der Waals surface area contributed by atoms with Crippen molar-refractivity contribution >= 4 is 17.2 Å². The van der Waals surface area contributed by atoms with Gasteiger partial charge in [-0.25, -0.2) is 0 Å². The van der Waals surface area contributed by atoms with Gasteiger partial charge in [-0.2, -0.15) is 0 Å². The van der Waals surface area contributed by atoms with Crippen molar-refractivity contribution in [2.45, 2.75) is 44.1 Å². The molecule has 1 saturated carbocycles. The van der Waals surface area contributed by atoms with E-state index in [0.29, 0.717) is 12.3 Å². The van der Waals surface area contributed by atoms with Crippen molar-refractivity contribution in [3.8, 4) is 0 Å². The molecule has 3 rings (SSSR count). The molecule has 2 N–H and O–H groups in total. The van der Waals surface area contributed by atoms with Crippen LogP contribution in [0.15, 0.2) is 34.9 Å². The van der Waals surface area contributed by atoms with Crippen LogP contribution in [0.4, 0.5) is 0 Å². The molecule has 0 aliphatic heterocycles. The predicted molar refractivity (Wildman–Crippen MR) is 86.1 cm³/mol. The minimum absolute atomic E-state index is 0.0000591. The van der Waals surface area contributed by atoms with Crippen molar-refractivity contribution in [1.82, 2.24) is 5.32 Å². The van der Waals surface area contributed by atoms with Crippen molar-refractivity contribution in [1.29, 1.82) is 0 Å². The quantitative estimate of drug-likeness (QED) is 0.884. The summed E-state index contributed by atoms with van der Waals surface area (Å²) in [4.78, 5) is 14.4.